The Morgan fingerprint density at radius 1 is 1.10 bits per heavy atom. The van der Waals surface area contributed by atoms with Gasteiger partial charge in [-0.3, -0.25) is 9.59 Å². The summed E-state index contributed by atoms with van der Waals surface area (Å²) < 4.78 is 6.18. The number of hydrogen-bond acceptors (Lipinski definition) is 4. The third-order valence-electron chi connectivity index (χ3n) is 4.77. The van der Waals surface area contributed by atoms with E-state index in [0.717, 1.165) is 22.9 Å². The van der Waals surface area contributed by atoms with Crippen molar-refractivity contribution < 1.29 is 19.1 Å². The molecule has 30 heavy (non-hydrogen) atoms. The van der Waals surface area contributed by atoms with E-state index < -0.39 is 11.7 Å². The third-order valence-corrected chi connectivity index (χ3v) is 5.30. The van der Waals surface area contributed by atoms with Crippen LogP contribution in [0.15, 0.2) is 28.7 Å². The first-order chi connectivity index (χ1) is 14.1. The molecule has 0 atom stereocenters. The van der Waals surface area contributed by atoms with E-state index in [9.17, 15) is 14.4 Å². The van der Waals surface area contributed by atoms with Crippen LogP contribution in [0.2, 0.25) is 0 Å². The van der Waals surface area contributed by atoms with Crippen molar-refractivity contribution in [2.45, 2.75) is 64.5 Å². The lowest BCUT2D eigenvalue weighted by atomic mass is 10.0. The molecule has 3 amide bonds. The molecule has 2 N–H and O–H groups in total. The summed E-state index contributed by atoms with van der Waals surface area (Å²) >= 11 is 3.41. The fourth-order valence-corrected chi connectivity index (χ4v) is 3.49. The molecule has 0 aromatic heterocycles. The minimum Gasteiger partial charge on any atom is -0.444 e. The van der Waals surface area contributed by atoms with Crippen LogP contribution in [0, 0.1) is 0 Å². The number of piperidine rings is 1. The lowest BCUT2D eigenvalue weighted by Gasteiger charge is -2.32. The second-order valence-corrected chi connectivity index (χ2v) is 9.44. The molecular weight excluding hydrogens is 450 g/mol. The van der Waals surface area contributed by atoms with Gasteiger partial charge >= 0.3 is 6.09 Å². The third kappa shape index (κ3) is 9.15. The number of carbonyl (C=O) groups excluding carboxylic acids is 3. The van der Waals surface area contributed by atoms with Gasteiger partial charge in [0.1, 0.15) is 5.60 Å². The molecule has 1 aromatic carbocycles. The van der Waals surface area contributed by atoms with Crippen molar-refractivity contribution in [3.05, 3.63) is 34.3 Å². The second kappa shape index (κ2) is 11.3. The van der Waals surface area contributed by atoms with Crippen LogP contribution < -0.4 is 10.6 Å². The van der Waals surface area contributed by atoms with E-state index in [-0.39, 0.29) is 30.8 Å². The number of benzene rings is 1. The van der Waals surface area contributed by atoms with Crippen molar-refractivity contribution in [2.24, 2.45) is 0 Å². The molecule has 2 rings (SSSR count). The summed E-state index contributed by atoms with van der Waals surface area (Å²) in [6.45, 7) is 6.86. The molecule has 0 spiro atoms. The Labute approximate surface area is 187 Å². The standard InChI is InChI=1S/C22H32BrN3O4/c1-22(2,3)30-21(29)24-13-10-20(28)26-14-11-18(12-15-26)25-19(27)9-6-16-4-7-17(23)8-5-16/h4-5,7-8,18H,6,9-15H2,1-3H3,(H,24,29)(H,25,27). The first-order valence-corrected chi connectivity index (χ1v) is 11.2. The average molecular weight is 482 g/mol. The molecule has 0 saturated carbocycles. The Balaban J connectivity index is 1.61. The number of nitrogens with one attached hydrogen (secondary N) is 2. The smallest absolute Gasteiger partial charge is 0.407 e. The minimum atomic E-state index is -0.557. The Hall–Kier alpha value is -2.09. The number of carbonyl (C=O) groups is 3. The summed E-state index contributed by atoms with van der Waals surface area (Å²) in [7, 11) is 0. The summed E-state index contributed by atoms with van der Waals surface area (Å²) in [5.41, 5.74) is 0.576. The zero-order valence-electron chi connectivity index (χ0n) is 18.0. The van der Waals surface area contributed by atoms with Crippen LogP contribution in [0.4, 0.5) is 4.79 Å². The summed E-state index contributed by atoms with van der Waals surface area (Å²) in [5.74, 6) is 0.0512. The Kier molecular flexibility index (Phi) is 9.14. The first-order valence-electron chi connectivity index (χ1n) is 10.4. The molecule has 1 fully saturated rings. The molecule has 7 nitrogen and oxygen atoms in total. The van der Waals surface area contributed by atoms with Gasteiger partial charge in [-0.25, -0.2) is 4.79 Å². The van der Waals surface area contributed by atoms with Crippen molar-refractivity contribution in [1.82, 2.24) is 15.5 Å². The molecule has 1 heterocycles. The first kappa shape index (κ1) is 24.2. The fourth-order valence-electron chi connectivity index (χ4n) is 3.23. The fraction of sp³-hybridized carbons (Fsp3) is 0.591. The lowest BCUT2D eigenvalue weighted by Crippen LogP contribution is -2.47. The number of alkyl carbamates (subject to hydrolysis) is 1. The Morgan fingerprint density at radius 3 is 2.33 bits per heavy atom. The topological polar surface area (TPSA) is 87.7 Å². The Morgan fingerprint density at radius 2 is 1.73 bits per heavy atom. The van der Waals surface area contributed by atoms with E-state index in [2.05, 4.69) is 26.6 Å². The number of likely N-dealkylation sites (tertiary alicyclic amines) is 1. The lowest BCUT2D eigenvalue weighted by molar-refractivity contribution is -0.132. The van der Waals surface area contributed by atoms with Crippen LogP contribution in [0.3, 0.4) is 0 Å². The van der Waals surface area contributed by atoms with Gasteiger partial charge in [-0.1, -0.05) is 28.1 Å². The predicted molar refractivity (Wildman–Crippen MR) is 119 cm³/mol. The zero-order chi connectivity index (χ0) is 22.1. The van der Waals surface area contributed by atoms with Crippen molar-refractivity contribution in [2.75, 3.05) is 19.6 Å². The van der Waals surface area contributed by atoms with Crippen LogP contribution in [-0.2, 0) is 20.7 Å². The summed E-state index contributed by atoms with van der Waals surface area (Å²) in [6.07, 6.45) is 2.38. The number of rotatable bonds is 7. The second-order valence-electron chi connectivity index (χ2n) is 8.53. The Bertz CT molecular complexity index is 723. The van der Waals surface area contributed by atoms with E-state index in [1.165, 1.54) is 0 Å². The van der Waals surface area contributed by atoms with E-state index in [1.54, 1.807) is 25.7 Å². The van der Waals surface area contributed by atoms with Crippen molar-refractivity contribution >= 4 is 33.8 Å². The van der Waals surface area contributed by atoms with Gasteiger partial charge < -0.3 is 20.3 Å². The molecule has 8 heteroatoms. The van der Waals surface area contributed by atoms with Gasteiger partial charge in [0, 0.05) is 43.0 Å². The zero-order valence-corrected chi connectivity index (χ0v) is 19.6. The normalized spacial score (nSPS) is 14.9. The largest absolute Gasteiger partial charge is 0.444 e. The van der Waals surface area contributed by atoms with Crippen LogP contribution in [-0.4, -0.2) is 54.1 Å². The van der Waals surface area contributed by atoms with Gasteiger partial charge in [0.05, 0.1) is 0 Å². The number of halogens is 1. The maximum atomic E-state index is 12.3. The van der Waals surface area contributed by atoms with Gasteiger partial charge in [0.25, 0.3) is 0 Å². The van der Waals surface area contributed by atoms with E-state index in [4.69, 9.17) is 4.74 Å². The molecule has 166 valence electrons. The highest BCUT2D eigenvalue weighted by molar-refractivity contribution is 9.10. The van der Waals surface area contributed by atoms with Gasteiger partial charge in [-0.05, 0) is 57.7 Å². The molecule has 1 aliphatic heterocycles. The summed E-state index contributed by atoms with van der Waals surface area (Å²) in [6, 6.07) is 8.08. The van der Waals surface area contributed by atoms with E-state index in [0.29, 0.717) is 25.9 Å². The van der Waals surface area contributed by atoms with Crippen molar-refractivity contribution in [3.8, 4) is 0 Å². The average Bonchev–Trinajstić information content (AvgIpc) is 2.66. The number of amides is 3. The summed E-state index contributed by atoms with van der Waals surface area (Å²) in [4.78, 5) is 38.0. The molecule has 1 aromatic rings. The SMILES string of the molecule is CC(C)(C)OC(=O)NCCC(=O)N1CCC(NC(=O)CCc2ccc(Br)cc2)CC1. The molecule has 1 aliphatic rings. The molecule has 0 unspecified atom stereocenters. The van der Waals surface area contributed by atoms with Crippen LogP contribution in [0.25, 0.3) is 0 Å². The maximum absolute atomic E-state index is 12.3. The van der Waals surface area contributed by atoms with Crippen LogP contribution in [0.5, 0.6) is 0 Å². The highest BCUT2D eigenvalue weighted by Crippen LogP contribution is 2.14. The molecule has 0 bridgehead atoms. The van der Waals surface area contributed by atoms with Crippen molar-refractivity contribution in [1.29, 1.82) is 0 Å². The van der Waals surface area contributed by atoms with Gasteiger partial charge in [0.2, 0.25) is 11.8 Å². The monoisotopic (exact) mass is 481 g/mol. The quantitative estimate of drug-likeness (QED) is 0.624. The molecule has 0 radical (unpaired) electrons. The minimum absolute atomic E-state index is 0.00562. The molecular formula is C22H32BrN3O4. The molecule has 0 aliphatic carbocycles. The number of nitrogens with zero attached hydrogens (tertiary/aromatic N) is 1. The van der Waals surface area contributed by atoms with Crippen molar-refractivity contribution in [3.63, 3.8) is 0 Å². The van der Waals surface area contributed by atoms with Crippen LogP contribution in [0.1, 0.15) is 52.0 Å². The number of aryl methyl sites for hydroxylation is 1. The number of ether oxygens (including phenoxy) is 1. The number of hydrogen-bond donors (Lipinski definition) is 2. The van der Waals surface area contributed by atoms with Gasteiger partial charge in [-0.2, -0.15) is 0 Å². The summed E-state index contributed by atoms with van der Waals surface area (Å²) in [5, 5.41) is 5.69. The molecule has 1 saturated heterocycles. The highest BCUT2D eigenvalue weighted by Gasteiger charge is 2.24. The van der Waals surface area contributed by atoms with Gasteiger partial charge in [-0.15, -0.1) is 0 Å². The van der Waals surface area contributed by atoms with Crippen LogP contribution >= 0.6 is 15.9 Å². The maximum Gasteiger partial charge on any atom is 0.407 e. The van der Waals surface area contributed by atoms with Gasteiger partial charge in [0.15, 0.2) is 0 Å². The highest BCUT2D eigenvalue weighted by atomic mass is 79.9. The predicted octanol–water partition coefficient (Wildman–Crippen LogP) is 3.40. The van der Waals surface area contributed by atoms with E-state index in [1.807, 2.05) is 24.3 Å². The van der Waals surface area contributed by atoms with E-state index >= 15 is 0 Å².